The summed E-state index contributed by atoms with van der Waals surface area (Å²) in [6.45, 7) is -0.396. The topological polar surface area (TPSA) is 109 Å². The van der Waals surface area contributed by atoms with Crippen molar-refractivity contribution in [2.75, 3.05) is 13.2 Å². The Morgan fingerprint density at radius 1 is 1.45 bits per heavy atom. The molecule has 0 fully saturated rings. The lowest BCUT2D eigenvalue weighted by molar-refractivity contribution is -0.117. The highest BCUT2D eigenvalue weighted by Crippen LogP contribution is 2.22. The molecule has 0 aliphatic carbocycles. The third-order valence-electron chi connectivity index (χ3n) is 2.20. The molecule has 8 heteroatoms. The number of hydrogen-bond acceptors (Lipinski definition) is 4. The van der Waals surface area contributed by atoms with E-state index in [9.17, 15) is 13.2 Å². The van der Waals surface area contributed by atoms with Crippen LogP contribution in [0.1, 0.15) is 12.0 Å². The van der Waals surface area contributed by atoms with Crippen LogP contribution < -0.4 is 10.5 Å². The zero-order valence-electron chi connectivity index (χ0n) is 10.4. The van der Waals surface area contributed by atoms with Gasteiger partial charge in [0, 0.05) is 18.5 Å². The lowest BCUT2D eigenvalue weighted by Crippen LogP contribution is -2.28. The Hall–Kier alpha value is -1.59. The van der Waals surface area contributed by atoms with Crippen molar-refractivity contribution < 1.29 is 18.3 Å². The van der Waals surface area contributed by atoms with Gasteiger partial charge in [0.1, 0.15) is 11.5 Å². The number of nitrogens with two attached hydrogens (primary N) is 1. The molecule has 0 saturated heterocycles. The normalized spacial score (nSPS) is 10.7. The number of aliphatic hydroxyl groups excluding tert-OH is 1. The molecule has 1 aromatic rings. The zero-order chi connectivity index (χ0) is 15.2. The maximum absolute atomic E-state index is 11.9. The van der Waals surface area contributed by atoms with Crippen LogP contribution in [-0.2, 0) is 14.8 Å². The van der Waals surface area contributed by atoms with E-state index in [0.29, 0.717) is 5.56 Å². The molecule has 108 valence electrons. The number of rotatable bonds is 5. The molecule has 0 saturated carbocycles. The first-order valence-electron chi connectivity index (χ1n) is 5.54. The van der Waals surface area contributed by atoms with Crippen LogP contribution in [0.2, 0.25) is 5.02 Å². The number of nitrogens with one attached hydrogen (secondary N) is 1. The highest BCUT2D eigenvalue weighted by Gasteiger charge is 2.17. The molecule has 0 heterocycles. The minimum absolute atomic E-state index is 0.00122. The summed E-state index contributed by atoms with van der Waals surface area (Å²) in [4.78, 5) is 10.4. The van der Waals surface area contributed by atoms with Crippen LogP contribution in [0, 0.1) is 11.8 Å². The van der Waals surface area contributed by atoms with Crippen LogP contribution in [0.15, 0.2) is 23.1 Å². The predicted molar refractivity (Wildman–Crippen MR) is 74.4 cm³/mol. The van der Waals surface area contributed by atoms with Gasteiger partial charge in [0.05, 0.1) is 5.02 Å². The lowest BCUT2D eigenvalue weighted by atomic mass is 10.2. The number of carbonyl (C=O) groups is 1. The molecule has 1 rings (SSSR count). The van der Waals surface area contributed by atoms with Crippen molar-refractivity contribution in [3.05, 3.63) is 28.8 Å². The Labute approximate surface area is 122 Å². The van der Waals surface area contributed by atoms with Crippen molar-refractivity contribution in [1.82, 2.24) is 4.72 Å². The van der Waals surface area contributed by atoms with Gasteiger partial charge < -0.3 is 10.8 Å². The van der Waals surface area contributed by atoms with Gasteiger partial charge >= 0.3 is 0 Å². The SMILES string of the molecule is NC(=O)CCNS(=O)(=O)c1ccc(C#CCO)cc1Cl. The molecule has 1 amide bonds. The molecule has 0 aromatic heterocycles. The second kappa shape index (κ2) is 7.26. The van der Waals surface area contributed by atoms with Crippen LogP contribution >= 0.6 is 11.6 Å². The van der Waals surface area contributed by atoms with Crippen molar-refractivity contribution in [1.29, 1.82) is 0 Å². The zero-order valence-corrected chi connectivity index (χ0v) is 12.0. The maximum Gasteiger partial charge on any atom is 0.242 e. The van der Waals surface area contributed by atoms with Crippen molar-refractivity contribution in [2.24, 2.45) is 5.73 Å². The van der Waals surface area contributed by atoms with Crippen LogP contribution in [0.5, 0.6) is 0 Å². The Kier molecular flexibility index (Phi) is 5.98. The first kappa shape index (κ1) is 16.5. The quantitative estimate of drug-likeness (QED) is 0.655. The van der Waals surface area contributed by atoms with E-state index < -0.39 is 15.9 Å². The van der Waals surface area contributed by atoms with Gasteiger partial charge in [-0.1, -0.05) is 23.4 Å². The molecule has 20 heavy (non-hydrogen) atoms. The standard InChI is InChI=1S/C12H13ClN2O4S/c13-10-8-9(2-1-7-16)3-4-11(10)20(18,19)15-6-5-12(14)17/h3-4,8,15-16H,5-7H2,(H2,14,17). The maximum atomic E-state index is 11.9. The Bertz CT molecular complexity index is 662. The lowest BCUT2D eigenvalue weighted by Gasteiger charge is -2.07. The second-order valence-corrected chi connectivity index (χ2v) is 5.86. The van der Waals surface area contributed by atoms with Crippen molar-refractivity contribution in [3.63, 3.8) is 0 Å². The van der Waals surface area contributed by atoms with E-state index in [-0.39, 0.29) is 29.5 Å². The fraction of sp³-hybridized carbons (Fsp3) is 0.250. The summed E-state index contributed by atoms with van der Waals surface area (Å²) in [6.07, 6.45) is -0.100. The van der Waals surface area contributed by atoms with Crippen molar-refractivity contribution >= 4 is 27.5 Å². The number of halogens is 1. The number of benzene rings is 1. The van der Waals surface area contributed by atoms with Gasteiger partial charge in [0.2, 0.25) is 15.9 Å². The summed E-state index contributed by atoms with van der Waals surface area (Å²) in [7, 11) is -3.81. The molecule has 4 N–H and O–H groups in total. The Morgan fingerprint density at radius 2 is 2.15 bits per heavy atom. The van der Waals surface area contributed by atoms with Gasteiger partial charge in [-0.2, -0.15) is 0 Å². The van der Waals surface area contributed by atoms with Gasteiger partial charge in [-0.25, -0.2) is 13.1 Å². The molecule has 0 bridgehead atoms. The molecular weight excluding hydrogens is 304 g/mol. The van der Waals surface area contributed by atoms with Crippen LogP contribution in [-0.4, -0.2) is 32.6 Å². The molecule has 0 aliphatic heterocycles. The van der Waals surface area contributed by atoms with E-state index in [1.807, 2.05) is 0 Å². The Morgan fingerprint density at radius 3 is 2.70 bits per heavy atom. The molecule has 0 unspecified atom stereocenters. The average molecular weight is 317 g/mol. The first-order valence-corrected chi connectivity index (χ1v) is 7.40. The number of hydrogen-bond donors (Lipinski definition) is 3. The number of amides is 1. The first-order chi connectivity index (χ1) is 9.36. The Balaban J connectivity index is 2.93. The summed E-state index contributed by atoms with van der Waals surface area (Å²) in [5.41, 5.74) is 5.41. The number of primary amides is 1. The second-order valence-electron chi connectivity index (χ2n) is 3.72. The third kappa shape index (κ3) is 4.83. The predicted octanol–water partition coefficient (Wildman–Crippen LogP) is -0.162. The highest BCUT2D eigenvalue weighted by atomic mass is 35.5. The minimum atomic E-state index is -3.81. The fourth-order valence-corrected chi connectivity index (χ4v) is 2.90. The summed E-state index contributed by atoms with van der Waals surface area (Å²) in [6, 6.07) is 4.15. The molecule has 1 aromatic carbocycles. The monoisotopic (exact) mass is 316 g/mol. The van der Waals surface area contributed by atoms with Crippen LogP contribution in [0.4, 0.5) is 0 Å². The number of carbonyl (C=O) groups excluding carboxylic acids is 1. The molecule has 0 atom stereocenters. The number of aliphatic hydroxyl groups is 1. The summed E-state index contributed by atoms with van der Waals surface area (Å²) < 4.78 is 26.1. The van der Waals surface area contributed by atoms with Crippen molar-refractivity contribution in [2.45, 2.75) is 11.3 Å². The van der Waals surface area contributed by atoms with E-state index >= 15 is 0 Å². The van der Waals surface area contributed by atoms with Gasteiger partial charge in [-0.3, -0.25) is 4.79 Å². The van der Waals surface area contributed by atoms with Gasteiger partial charge in [0.25, 0.3) is 0 Å². The van der Waals surface area contributed by atoms with Gasteiger partial charge in [-0.15, -0.1) is 0 Å². The smallest absolute Gasteiger partial charge is 0.242 e. The molecule has 0 spiro atoms. The molecular formula is C12H13ClN2O4S. The highest BCUT2D eigenvalue weighted by molar-refractivity contribution is 7.89. The van der Waals surface area contributed by atoms with Gasteiger partial charge in [0.15, 0.2) is 0 Å². The minimum Gasteiger partial charge on any atom is -0.384 e. The molecule has 6 nitrogen and oxygen atoms in total. The van der Waals surface area contributed by atoms with E-state index in [2.05, 4.69) is 16.6 Å². The van der Waals surface area contributed by atoms with Crippen LogP contribution in [0.3, 0.4) is 0 Å². The average Bonchev–Trinajstić information content (AvgIpc) is 2.35. The van der Waals surface area contributed by atoms with Crippen molar-refractivity contribution in [3.8, 4) is 11.8 Å². The summed E-state index contributed by atoms with van der Waals surface area (Å²) in [5, 5.41) is 8.57. The van der Waals surface area contributed by atoms with E-state index in [1.165, 1.54) is 18.2 Å². The van der Waals surface area contributed by atoms with E-state index in [4.69, 9.17) is 22.4 Å². The third-order valence-corrected chi connectivity index (χ3v) is 4.14. The number of sulfonamides is 1. The largest absolute Gasteiger partial charge is 0.384 e. The molecule has 0 aliphatic rings. The molecule has 0 radical (unpaired) electrons. The van der Waals surface area contributed by atoms with Crippen LogP contribution in [0.25, 0.3) is 0 Å². The fourth-order valence-electron chi connectivity index (χ4n) is 1.32. The summed E-state index contributed by atoms with van der Waals surface area (Å²) in [5.74, 6) is 4.43. The van der Waals surface area contributed by atoms with E-state index in [1.54, 1.807) is 0 Å². The summed E-state index contributed by atoms with van der Waals surface area (Å²) >= 11 is 5.89. The van der Waals surface area contributed by atoms with Gasteiger partial charge in [-0.05, 0) is 18.2 Å². The van der Waals surface area contributed by atoms with E-state index in [0.717, 1.165) is 0 Å².